The van der Waals surface area contributed by atoms with E-state index in [1.54, 1.807) is 7.11 Å². The number of amides is 1. The number of methoxy groups -OCH3 is 1. The topological polar surface area (TPSA) is 86.5 Å². The van der Waals surface area contributed by atoms with Gasteiger partial charge >= 0.3 is 0 Å². The Balaban J connectivity index is 1.29. The fourth-order valence-electron chi connectivity index (χ4n) is 3.26. The van der Waals surface area contributed by atoms with Crippen LogP contribution in [0.5, 0.6) is 11.5 Å². The summed E-state index contributed by atoms with van der Waals surface area (Å²) in [6.45, 7) is 2.17. The van der Waals surface area contributed by atoms with Crippen molar-refractivity contribution in [3.63, 3.8) is 0 Å². The van der Waals surface area contributed by atoms with Gasteiger partial charge in [-0.1, -0.05) is 35.5 Å². The molecular weight excluding hydrogens is 418 g/mol. The Morgan fingerprint density at radius 2 is 1.76 bits per heavy atom. The molecule has 168 valence electrons. The predicted molar refractivity (Wildman–Crippen MR) is 125 cm³/mol. The first-order valence-corrected chi connectivity index (χ1v) is 10.6. The van der Waals surface area contributed by atoms with Crippen molar-refractivity contribution in [1.82, 2.24) is 10.1 Å². The first kappa shape index (κ1) is 22.1. The minimum Gasteiger partial charge on any atom is -0.497 e. The van der Waals surface area contributed by atoms with Gasteiger partial charge in [-0.05, 0) is 66.9 Å². The van der Waals surface area contributed by atoms with E-state index >= 15 is 0 Å². The van der Waals surface area contributed by atoms with E-state index in [1.807, 2.05) is 79.7 Å². The first-order chi connectivity index (χ1) is 16.1. The van der Waals surface area contributed by atoms with E-state index < -0.39 is 0 Å². The number of aryl methyl sites for hydroxylation is 2. The normalized spacial score (nSPS) is 10.6. The number of hydrogen-bond acceptors (Lipinski definition) is 6. The zero-order chi connectivity index (χ0) is 23.0. The number of hydrogen-bond donors (Lipinski definition) is 1. The van der Waals surface area contributed by atoms with Crippen LogP contribution in [0.15, 0.2) is 77.3 Å². The zero-order valence-electron chi connectivity index (χ0n) is 18.6. The molecule has 7 nitrogen and oxygen atoms in total. The van der Waals surface area contributed by atoms with E-state index in [0.29, 0.717) is 30.2 Å². The van der Waals surface area contributed by atoms with Crippen LogP contribution in [0.1, 0.15) is 23.4 Å². The molecule has 33 heavy (non-hydrogen) atoms. The molecule has 1 N–H and O–H groups in total. The molecule has 0 unspecified atom stereocenters. The number of rotatable bonds is 9. The number of anilines is 1. The second-order valence-electron chi connectivity index (χ2n) is 7.54. The Kier molecular flexibility index (Phi) is 6.99. The Bertz CT molecular complexity index is 1200. The van der Waals surface area contributed by atoms with E-state index in [9.17, 15) is 4.79 Å². The Hall–Kier alpha value is -4.13. The van der Waals surface area contributed by atoms with Crippen LogP contribution in [-0.2, 0) is 17.8 Å². The summed E-state index contributed by atoms with van der Waals surface area (Å²) in [5, 5.41) is 6.94. The second-order valence-corrected chi connectivity index (χ2v) is 7.54. The number of para-hydroxylation sites is 1. The summed E-state index contributed by atoms with van der Waals surface area (Å²) in [7, 11) is 1.63. The molecule has 4 rings (SSSR count). The molecule has 0 fully saturated rings. The SMILES string of the molecule is COc1ccc(CCC(=O)Nc2ccc(-c3noc(COc4ccccc4C)n3)cc2)cc1. The van der Waals surface area contributed by atoms with Crippen LogP contribution in [0.4, 0.5) is 5.69 Å². The molecule has 7 heteroatoms. The molecule has 0 bridgehead atoms. The quantitative estimate of drug-likeness (QED) is 0.382. The van der Waals surface area contributed by atoms with Crippen LogP contribution in [0.2, 0.25) is 0 Å². The van der Waals surface area contributed by atoms with Gasteiger partial charge in [0.15, 0.2) is 6.61 Å². The monoisotopic (exact) mass is 443 g/mol. The molecule has 0 spiro atoms. The van der Waals surface area contributed by atoms with Gasteiger partial charge in [-0.3, -0.25) is 4.79 Å². The van der Waals surface area contributed by atoms with Crippen molar-refractivity contribution in [2.75, 3.05) is 12.4 Å². The molecule has 3 aromatic carbocycles. The Morgan fingerprint density at radius 1 is 1.00 bits per heavy atom. The third-order valence-electron chi connectivity index (χ3n) is 5.14. The van der Waals surface area contributed by atoms with Gasteiger partial charge in [-0.15, -0.1) is 0 Å². The number of nitrogens with one attached hydrogen (secondary N) is 1. The van der Waals surface area contributed by atoms with E-state index in [0.717, 1.165) is 28.2 Å². The Labute approximate surface area is 192 Å². The lowest BCUT2D eigenvalue weighted by Crippen LogP contribution is -2.12. The molecule has 0 saturated heterocycles. The molecule has 1 amide bonds. The number of nitrogens with zero attached hydrogens (tertiary/aromatic N) is 2. The molecule has 1 aromatic heterocycles. The summed E-state index contributed by atoms with van der Waals surface area (Å²) in [6.07, 6.45) is 1.05. The highest BCUT2D eigenvalue weighted by Crippen LogP contribution is 2.21. The minimum atomic E-state index is -0.0474. The number of benzene rings is 3. The van der Waals surface area contributed by atoms with Crippen molar-refractivity contribution in [2.24, 2.45) is 0 Å². The van der Waals surface area contributed by atoms with Crippen LogP contribution in [0, 0.1) is 6.92 Å². The highest BCUT2D eigenvalue weighted by atomic mass is 16.5. The van der Waals surface area contributed by atoms with Gasteiger partial charge < -0.3 is 19.3 Å². The van der Waals surface area contributed by atoms with Gasteiger partial charge in [0.05, 0.1) is 7.11 Å². The number of aromatic nitrogens is 2. The first-order valence-electron chi connectivity index (χ1n) is 10.6. The zero-order valence-corrected chi connectivity index (χ0v) is 18.6. The number of carbonyl (C=O) groups excluding carboxylic acids is 1. The average molecular weight is 444 g/mol. The van der Waals surface area contributed by atoms with Crippen molar-refractivity contribution < 1.29 is 18.8 Å². The summed E-state index contributed by atoms with van der Waals surface area (Å²) >= 11 is 0. The number of carbonyl (C=O) groups is 1. The smallest absolute Gasteiger partial charge is 0.264 e. The molecular formula is C26H25N3O4. The van der Waals surface area contributed by atoms with Gasteiger partial charge in [0, 0.05) is 17.7 Å². The average Bonchev–Trinajstić information content (AvgIpc) is 3.32. The lowest BCUT2D eigenvalue weighted by Gasteiger charge is -2.06. The third-order valence-corrected chi connectivity index (χ3v) is 5.14. The Morgan fingerprint density at radius 3 is 2.48 bits per heavy atom. The van der Waals surface area contributed by atoms with Crippen molar-refractivity contribution in [3.8, 4) is 22.9 Å². The van der Waals surface area contributed by atoms with Crippen molar-refractivity contribution >= 4 is 11.6 Å². The molecule has 1 heterocycles. The maximum Gasteiger partial charge on any atom is 0.264 e. The predicted octanol–water partition coefficient (Wildman–Crippen LogP) is 5.20. The number of ether oxygens (including phenoxy) is 2. The van der Waals surface area contributed by atoms with E-state index in [4.69, 9.17) is 14.0 Å². The van der Waals surface area contributed by atoms with Gasteiger partial charge in [0.25, 0.3) is 5.89 Å². The summed E-state index contributed by atoms with van der Waals surface area (Å²) in [6, 6.07) is 22.8. The molecule has 0 aliphatic heterocycles. The van der Waals surface area contributed by atoms with Gasteiger partial charge in [0.2, 0.25) is 11.7 Å². The molecule has 0 aliphatic rings. The third kappa shape index (κ3) is 5.98. The van der Waals surface area contributed by atoms with Gasteiger partial charge in [0.1, 0.15) is 11.5 Å². The van der Waals surface area contributed by atoms with Crippen molar-refractivity contribution in [1.29, 1.82) is 0 Å². The fourth-order valence-corrected chi connectivity index (χ4v) is 3.26. The fraction of sp³-hybridized carbons (Fsp3) is 0.192. The van der Waals surface area contributed by atoms with Crippen LogP contribution < -0.4 is 14.8 Å². The standard InChI is InChI=1S/C26H25N3O4/c1-18-5-3-4-6-23(18)32-17-25-28-26(29-33-25)20-10-12-21(13-11-20)27-24(30)16-9-19-7-14-22(31-2)15-8-19/h3-8,10-15H,9,16-17H2,1-2H3,(H,27,30). The molecule has 0 radical (unpaired) electrons. The summed E-state index contributed by atoms with van der Waals surface area (Å²) in [5.74, 6) is 2.40. The second kappa shape index (κ2) is 10.5. The van der Waals surface area contributed by atoms with Gasteiger partial charge in [-0.2, -0.15) is 4.98 Å². The maximum atomic E-state index is 12.3. The van der Waals surface area contributed by atoms with Crippen LogP contribution in [0.3, 0.4) is 0 Å². The van der Waals surface area contributed by atoms with Crippen LogP contribution in [-0.4, -0.2) is 23.2 Å². The van der Waals surface area contributed by atoms with Crippen molar-refractivity contribution in [3.05, 3.63) is 89.8 Å². The van der Waals surface area contributed by atoms with Crippen molar-refractivity contribution in [2.45, 2.75) is 26.4 Å². The largest absolute Gasteiger partial charge is 0.497 e. The van der Waals surface area contributed by atoms with E-state index in [-0.39, 0.29) is 12.5 Å². The van der Waals surface area contributed by atoms with Crippen LogP contribution >= 0.6 is 0 Å². The lowest BCUT2D eigenvalue weighted by molar-refractivity contribution is -0.116. The maximum absolute atomic E-state index is 12.3. The van der Waals surface area contributed by atoms with Crippen LogP contribution in [0.25, 0.3) is 11.4 Å². The van der Waals surface area contributed by atoms with Gasteiger partial charge in [-0.25, -0.2) is 0 Å². The summed E-state index contributed by atoms with van der Waals surface area (Å²) < 4.78 is 16.2. The van der Waals surface area contributed by atoms with E-state index in [2.05, 4.69) is 15.5 Å². The molecule has 4 aromatic rings. The molecule has 0 aliphatic carbocycles. The summed E-state index contributed by atoms with van der Waals surface area (Å²) in [4.78, 5) is 16.7. The highest BCUT2D eigenvalue weighted by Gasteiger charge is 2.11. The summed E-state index contributed by atoms with van der Waals surface area (Å²) in [5.41, 5.74) is 3.63. The highest BCUT2D eigenvalue weighted by molar-refractivity contribution is 5.91. The molecule has 0 atom stereocenters. The van der Waals surface area contributed by atoms with E-state index in [1.165, 1.54) is 0 Å². The molecule has 0 saturated carbocycles. The minimum absolute atomic E-state index is 0.0474. The lowest BCUT2D eigenvalue weighted by atomic mass is 10.1.